The molecule has 2 N–H and O–H groups in total. The number of aromatic amines is 1. The van der Waals surface area contributed by atoms with Crippen LogP contribution in [0.25, 0.3) is 0 Å². The van der Waals surface area contributed by atoms with Crippen LogP contribution in [0, 0.1) is 6.92 Å². The van der Waals surface area contributed by atoms with Crippen molar-refractivity contribution in [2.75, 3.05) is 19.0 Å². The van der Waals surface area contributed by atoms with Crippen molar-refractivity contribution in [1.82, 2.24) is 10.2 Å². The number of esters is 1. The number of methoxy groups -OCH3 is 1. The molecule has 0 aliphatic heterocycles. The van der Waals surface area contributed by atoms with E-state index in [1.54, 1.807) is 6.92 Å². The van der Waals surface area contributed by atoms with Gasteiger partial charge in [0.15, 0.2) is 5.82 Å². The smallest absolute Gasteiger partial charge is 0.343 e. The van der Waals surface area contributed by atoms with Crippen LogP contribution in [0.5, 0.6) is 0 Å². The van der Waals surface area contributed by atoms with Gasteiger partial charge in [-0.1, -0.05) is 13.3 Å². The van der Waals surface area contributed by atoms with Crippen molar-refractivity contribution in [2.45, 2.75) is 26.7 Å². The van der Waals surface area contributed by atoms with Gasteiger partial charge in [-0.15, -0.1) is 0 Å². The Hall–Kier alpha value is -1.52. The molecule has 5 nitrogen and oxygen atoms in total. The molecule has 1 heterocycles. The van der Waals surface area contributed by atoms with Gasteiger partial charge >= 0.3 is 5.97 Å². The third-order valence-electron chi connectivity index (χ3n) is 2.16. The number of hydrogen-bond donors (Lipinski definition) is 2. The fourth-order valence-corrected chi connectivity index (χ4v) is 1.29. The Bertz CT molecular complexity index is 333. The Morgan fingerprint density at radius 2 is 2.33 bits per heavy atom. The van der Waals surface area contributed by atoms with Gasteiger partial charge in [-0.05, 0) is 13.3 Å². The standard InChI is InChI=1S/C10H17N3O2/c1-4-5-6-11-9-8(10(14)15-3)7(2)12-13-9/h4-6H2,1-3H3,(H2,11,12,13). The first-order valence-electron chi connectivity index (χ1n) is 5.07. The minimum absolute atomic E-state index is 0.361. The lowest BCUT2D eigenvalue weighted by Gasteiger charge is -2.04. The van der Waals surface area contributed by atoms with Crippen LogP contribution in [0.3, 0.4) is 0 Å². The molecule has 0 saturated heterocycles. The first kappa shape index (κ1) is 11.6. The highest BCUT2D eigenvalue weighted by atomic mass is 16.5. The highest BCUT2D eigenvalue weighted by Gasteiger charge is 2.17. The zero-order valence-corrected chi connectivity index (χ0v) is 9.39. The molecule has 0 fully saturated rings. The van der Waals surface area contributed by atoms with Gasteiger partial charge in [0.25, 0.3) is 0 Å². The topological polar surface area (TPSA) is 67.0 Å². The molecule has 5 heteroatoms. The van der Waals surface area contributed by atoms with E-state index in [1.807, 2.05) is 0 Å². The molecule has 0 aromatic carbocycles. The van der Waals surface area contributed by atoms with E-state index in [4.69, 9.17) is 0 Å². The molecule has 84 valence electrons. The summed E-state index contributed by atoms with van der Waals surface area (Å²) in [6, 6.07) is 0. The summed E-state index contributed by atoms with van der Waals surface area (Å²) in [4.78, 5) is 11.4. The molecule has 1 aromatic rings. The Labute approximate surface area is 89.2 Å². The largest absolute Gasteiger partial charge is 0.465 e. The Kier molecular flexibility index (Phi) is 4.15. The van der Waals surface area contributed by atoms with Crippen LogP contribution in [0.2, 0.25) is 0 Å². The molecule has 1 aromatic heterocycles. The average molecular weight is 211 g/mol. The van der Waals surface area contributed by atoms with Gasteiger partial charge < -0.3 is 10.1 Å². The molecule has 1 rings (SSSR count). The zero-order chi connectivity index (χ0) is 11.3. The van der Waals surface area contributed by atoms with E-state index >= 15 is 0 Å². The van der Waals surface area contributed by atoms with Crippen molar-refractivity contribution in [3.8, 4) is 0 Å². The molecule has 0 radical (unpaired) electrons. The van der Waals surface area contributed by atoms with Crippen molar-refractivity contribution in [3.63, 3.8) is 0 Å². The molecule has 0 atom stereocenters. The number of rotatable bonds is 5. The second-order valence-corrected chi connectivity index (χ2v) is 3.34. The van der Waals surface area contributed by atoms with Crippen LogP contribution in [-0.2, 0) is 4.74 Å². The van der Waals surface area contributed by atoms with Crippen LogP contribution < -0.4 is 5.32 Å². The van der Waals surface area contributed by atoms with Crippen molar-refractivity contribution in [1.29, 1.82) is 0 Å². The molecule has 0 spiro atoms. The summed E-state index contributed by atoms with van der Waals surface area (Å²) in [7, 11) is 1.37. The second-order valence-electron chi connectivity index (χ2n) is 3.34. The summed E-state index contributed by atoms with van der Waals surface area (Å²) in [5.74, 6) is 0.216. The molecular weight excluding hydrogens is 194 g/mol. The lowest BCUT2D eigenvalue weighted by molar-refractivity contribution is 0.0601. The van der Waals surface area contributed by atoms with Crippen LogP contribution >= 0.6 is 0 Å². The second kappa shape index (κ2) is 5.38. The summed E-state index contributed by atoms with van der Waals surface area (Å²) in [5.41, 5.74) is 1.22. The third kappa shape index (κ3) is 2.71. The number of anilines is 1. The molecular formula is C10H17N3O2. The first-order valence-corrected chi connectivity index (χ1v) is 5.07. The number of carbonyl (C=O) groups is 1. The van der Waals surface area contributed by atoms with Crippen molar-refractivity contribution >= 4 is 11.8 Å². The SMILES string of the molecule is CCCCNc1n[nH]c(C)c1C(=O)OC. The molecule has 0 unspecified atom stereocenters. The molecule has 0 bridgehead atoms. The monoisotopic (exact) mass is 211 g/mol. The minimum Gasteiger partial charge on any atom is -0.465 e. The van der Waals surface area contributed by atoms with Gasteiger partial charge in [-0.25, -0.2) is 4.79 Å². The van der Waals surface area contributed by atoms with E-state index in [2.05, 4.69) is 27.2 Å². The zero-order valence-electron chi connectivity index (χ0n) is 9.39. The van der Waals surface area contributed by atoms with Gasteiger partial charge in [0.05, 0.1) is 7.11 Å². The van der Waals surface area contributed by atoms with Gasteiger partial charge in [0, 0.05) is 12.2 Å². The van der Waals surface area contributed by atoms with E-state index in [0.29, 0.717) is 11.4 Å². The lowest BCUT2D eigenvalue weighted by Crippen LogP contribution is -2.08. The summed E-state index contributed by atoms with van der Waals surface area (Å²) in [6.45, 7) is 4.72. The number of aryl methyl sites for hydroxylation is 1. The fourth-order valence-electron chi connectivity index (χ4n) is 1.29. The molecule has 0 aliphatic rings. The number of ether oxygens (including phenoxy) is 1. The number of aromatic nitrogens is 2. The number of carbonyl (C=O) groups excluding carboxylic acids is 1. The summed E-state index contributed by atoms with van der Waals surface area (Å²) >= 11 is 0. The van der Waals surface area contributed by atoms with E-state index < -0.39 is 0 Å². The van der Waals surface area contributed by atoms with Gasteiger partial charge in [0.1, 0.15) is 5.56 Å². The summed E-state index contributed by atoms with van der Waals surface area (Å²) in [6.07, 6.45) is 2.15. The predicted octanol–water partition coefficient (Wildman–Crippen LogP) is 1.72. The maximum atomic E-state index is 11.4. The molecule has 15 heavy (non-hydrogen) atoms. The molecule has 0 amide bonds. The average Bonchev–Trinajstić information content (AvgIpc) is 2.59. The Morgan fingerprint density at radius 1 is 1.60 bits per heavy atom. The van der Waals surface area contributed by atoms with Crippen molar-refractivity contribution in [2.24, 2.45) is 0 Å². The van der Waals surface area contributed by atoms with Crippen LogP contribution in [0.15, 0.2) is 0 Å². The number of unbranched alkanes of at least 4 members (excludes halogenated alkanes) is 1. The highest BCUT2D eigenvalue weighted by molar-refractivity contribution is 5.95. The molecule has 0 saturated carbocycles. The highest BCUT2D eigenvalue weighted by Crippen LogP contribution is 2.16. The van der Waals surface area contributed by atoms with Gasteiger partial charge in [-0.3, -0.25) is 5.10 Å². The minimum atomic E-state index is -0.361. The van der Waals surface area contributed by atoms with E-state index in [9.17, 15) is 4.79 Å². The summed E-state index contributed by atoms with van der Waals surface area (Å²) < 4.78 is 4.68. The normalized spacial score (nSPS) is 10.1. The van der Waals surface area contributed by atoms with E-state index in [1.165, 1.54) is 7.11 Å². The first-order chi connectivity index (χ1) is 7.20. The van der Waals surface area contributed by atoms with Crippen LogP contribution in [0.4, 0.5) is 5.82 Å². The maximum absolute atomic E-state index is 11.4. The number of hydrogen-bond acceptors (Lipinski definition) is 4. The Morgan fingerprint density at radius 3 is 2.93 bits per heavy atom. The number of nitrogens with one attached hydrogen (secondary N) is 2. The third-order valence-corrected chi connectivity index (χ3v) is 2.16. The van der Waals surface area contributed by atoms with E-state index in [0.717, 1.165) is 25.1 Å². The van der Waals surface area contributed by atoms with Gasteiger partial charge in [-0.2, -0.15) is 5.10 Å². The van der Waals surface area contributed by atoms with Gasteiger partial charge in [0.2, 0.25) is 0 Å². The fraction of sp³-hybridized carbons (Fsp3) is 0.600. The lowest BCUT2D eigenvalue weighted by atomic mass is 10.2. The summed E-state index contributed by atoms with van der Waals surface area (Å²) in [5, 5.41) is 9.89. The quantitative estimate of drug-likeness (QED) is 0.575. The maximum Gasteiger partial charge on any atom is 0.343 e. The van der Waals surface area contributed by atoms with Crippen molar-refractivity contribution in [3.05, 3.63) is 11.3 Å². The van der Waals surface area contributed by atoms with Crippen LogP contribution in [-0.4, -0.2) is 29.8 Å². The number of nitrogens with zero attached hydrogens (tertiary/aromatic N) is 1. The molecule has 0 aliphatic carbocycles. The number of H-pyrrole nitrogens is 1. The predicted molar refractivity (Wildman–Crippen MR) is 58.1 cm³/mol. The van der Waals surface area contributed by atoms with Crippen molar-refractivity contribution < 1.29 is 9.53 Å². The Balaban J connectivity index is 2.75. The van der Waals surface area contributed by atoms with Crippen LogP contribution in [0.1, 0.15) is 35.8 Å². The van der Waals surface area contributed by atoms with E-state index in [-0.39, 0.29) is 5.97 Å².